The van der Waals surface area contributed by atoms with Crippen molar-refractivity contribution < 1.29 is 9.59 Å². The number of nitrogens with zero attached hydrogens (tertiary/aromatic N) is 1. The van der Waals surface area contributed by atoms with Gasteiger partial charge in [-0.05, 0) is 25.5 Å². The van der Waals surface area contributed by atoms with E-state index in [0.717, 1.165) is 17.5 Å². The van der Waals surface area contributed by atoms with Crippen LogP contribution < -0.4 is 10.6 Å². The van der Waals surface area contributed by atoms with E-state index in [2.05, 4.69) is 28.8 Å². The van der Waals surface area contributed by atoms with Crippen LogP contribution in [0.3, 0.4) is 0 Å². The first-order chi connectivity index (χ1) is 9.97. The molecule has 0 unspecified atom stereocenters. The summed E-state index contributed by atoms with van der Waals surface area (Å²) in [6.45, 7) is 10.1. The lowest BCUT2D eigenvalue weighted by Crippen LogP contribution is -2.40. The Hall–Kier alpha value is -2.08. The number of hydrogen-bond donors (Lipinski definition) is 2. The van der Waals surface area contributed by atoms with Crippen molar-refractivity contribution in [1.82, 2.24) is 15.6 Å². The molecule has 1 fully saturated rings. The lowest BCUT2D eigenvalue weighted by atomic mass is 10.2. The smallest absolute Gasteiger partial charge is 0.258 e. The fourth-order valence-corrected chi connectivity index (χ4v) is 2.58. The molecule has 1 saturated heterocycles. The number of aromatic nitrogens is 1. The van der Waals surface area contributed by atoms with E-state index in [1.165, 1.54) is 0 Å². The van der Waals surface area contributed by atoms with Crippen molar-refractivity contribution in [2.75, 3.05) is 6.54 Å². The Morgan fingerprint density at radius 1 is 1.48 bits per heavy atom. The van der Waals surface area contributed by atoms with Gasteiger partial charge in [-0.3, -0.25) is 14.6 Å². The first-order valence-corrected chi connectivity index (χ1v) is 7.37. The monoisotopic (exact) mass is 303 g/mol. The SMILES string of the molecule is C=C(SC(=C)c1cccc(C)n1)C(=O)N[C@H]1CCNC1=O. The molecule has 1 aromatic heterocycles. The predicted molar refractivity (Wildman–Crippen MR) is 84.3 cm³/mol. The van der Waals surface area contributed by atoms with Crippen LogP contribution in [0.15, 0.2) is 36.3 Å². The second-order valence-electron chi connectivity index (χ2n) is 4.72. The molecule has 2 rings (SSSR count). The van der Waals surface area contributed by atoms with Gasteiger partial charge in [0.15, 0.2) is 0 Å². The van der Waals surface area contributed by atoms with Crippen LogP contribution in [-0.2, 0) is 9.59 Å². The highest BCUT2D eigenvalue weighted by molar-refractivity contribution is 8.12. The van der Waals surface area contributed by atoms with Gasteiger partial charge in [0.2, 0.25) is 5.91 Å². The zero-order chi connectivity index (χ0) is 15.4. The van der Waals surface area contributed by atoms with Crippen molar-refractivity contribution >= 4 is 28.5 Å². The molecule has 1 aromatic rings. The Bertz CT molecular complexity index is 613. The summed E-state index contributed by atoms with van der Waals surface area (Å²) in [5.41, 5.74) is 1.60. The highest BCUT2D eigenvalue weighted by atomic mass is 32.2. The molecule has 6 heteroatoms. The van der Waals surface area contributed by atoms with E-state index in [0.29, 0.717) is 28.5 Å². The molecule has 0 bridgehead atoms. The summed E-state index contributed by atoms with van der Waals surface area (Å²) >= 11 is 1.16. The molecule has 2 N–H and O–H groups in total. The summed E-state index contributed by atoms with van der Waals surface area (Å²) in [6.07, 6.45) is 0.600. The minimum Gasteiger partial charge on any atom is -0.354 e. The van der Waals surface area contributed by atoms with Crippen LogP contribution in [0.2, 0.25) is 0 Å². The highest BCUT2D eigenvalue weighted by Crippen LogP contribution is 2.30. The van der Waals surface area contributed by atoms with E-state index in [9.17, 15) is 9.59 Å². The fraction of sp³-hybridized carbons (Fsp3) is 0.267. The number of carbonyl (C=O) groups excluding carboxylic acids is 2. The molecule has 21 heavy (non-hydrogen) atoms. The Morgan fingerprint density at radius 3 is 2.86 bits per heavy atom. The Kier molecular flexibility index (Phi) is 4.80. The van der Waals surface area contributed by atoms with E-state index >= 15 is 0 Å². The van der Waals surface area contributed by atoms with Crippen LogP contribution in [-0.4, -0.2) is 29.4 Å². The van der Waals surface area contributed by atoms with Gasteiger partial charge >= 0.3 is 0 Å². The van der Waals surface area contributed by atoms with Crippen LogP contribution >= 0.6 is 11.8 Å². The number of amides is 2. The molecule has 110 valence electrons. The molecule has 2 amide bonds. The van der Waals surface area contributed by atoms with Crippen molar-refractivity contribution in [2.45, 2.75) is 19.4 Å². The molecule has 1 atom stereocenters. The first kappa shape index (κ1) is 15.3. The summed E-state index contributed by atoms with van der Waals surface area (Å²) in [4.78, 5) is 28.7. The molecule has 2 heterocycles. The number of rotatable bonds is 5. The van der Waals surface area contributed by atoms with Crippen molar-refractivity contribution in [3.8, 4) is 0 Å². The molecule has 0 saturated carbocycles. The summed E-state index contributed by atoms with van der Waals surface area (Å²) < 4.78 is 0. The third-order valence-corrected chi connectivity index (χ3v) is 3.92. The minimum absolute atomic E-state index is 0.152. The van der Waals surface area contributed by atoms with Crippen molar-refractivity contribution in [3.63, 3.8) is 0 Å². The Labute approximate surface area is 127 Å². The van der Waals surface area contributed by atoms with Crippen LogP contribution in [0, 0.1) is 6.92 Å². The number of aryl methyl sites for hydroxylation is 1. The topological polar surface area (TPSA) is 71.1 Å². The molecule has 1 aliphatic rings. The summed E-state index contributed by atoms with van der Waals surface area (Å²) in [5, 5.41) is 5.33. The van der Waals surface area contributed by atoms with E-state index in [1.54, 1.807) is 0 Å². The van der Waals surface area contributed by atoms with Crippen LogP contribution in [0.1, 0.15) is 17.8 Å². The van der Waals surface area contributed by atoms with Crippen molar-refractivity contribution in [2.24, 2.45) is 0 Å². The van der Waals surface area contributed by atoms with Crippen LogP contribution in [0.4, 0.5) is 0 Å². The van der Waals surface area contributed by atoms with Gasteiger partial charge < -0.3 is 10.6 Å². The third kappa shape index (κ3) is 3.95. The van der Waals surface area contributed by atoms with Gasteiger partial charge in [-0.1, -0.05) is 31.0 Å². The lowest BCUT2D eigenvalue weighted by molar-refractivity contribution is -0.125. The van der Waals surface area contributed by atoms with Gasteiger partial charge in [0, 0.05) is 17.1 Å². The maximum atomic E-state index is 12.0. The standard InChI is InChI=1S/C15H17N3O2S/c1-9-5-4-6-12(17-9)10(2)21-11(3)14(19)18-13-7-8-16-15(13)20/h4-6,13H,2-3,7-8H2,1H3,(H,16,20)(H,18,19)/t13-/m0/s1. The van der Waals surface area contributed by atoms with E-state index in [-0.39, 0.29) is 11.8 Å². The first-order valence-electron chi connectivity index (χ1n) is 6.55. The quantitative estimate of drug-likeness (QED) is 0.811. The molecule has 0 radical (unpaired) electrons. The van der Waals surface area contributed by atoms with E-state index < -0.39 is 6.04 Å². The van der Waals surface area contributed by atoms with E-state index in [4.69, 9.17) is 0 Å². The van der Waals surface area contributed by atoms with Gasteiger partial charge in [0.05, 0.1) is 10.6 Å². The summed E-state index contributed by atoms with van der Waals surface area (Å²) in [7, 11) is 0. The molecule has 0 aliphatic carbocycles. The lowest BCUT2D eigenvalue weighted by Gasteiger charge is -2.12. The molecule has 0 spiro atoms. The summed E-state index contributed by atoms with van der Waals surface area (Å²) in [5.74, 6) is -0.504. The predicted octanol–water partition coefficient (Wildman–Crippen LogP) is 1.61. The molecule has 5 nitrogen and oxygen atoms in total. The highest BCUT2D eigenvalue weighted by Gasteiger charge is 2.26. The van der Waals surface area contributed by atoms with Crippen LogP contribution in [0.5, 0.6) is 0 Å². The van der Waals surface area contributed by atoms with Gasteiger partial charge in [0.1, 0.15) is 6.04 Å². The third-order valence-electron chi connectivity index (χ3n) is 3.03. The molecule has 0 aromatic carbocycles. The largest absolute Gasteiger partial charge is 0.354 e. The minimum atomic E-state index is -0.472. The second-order valence-corrected chi connectivity index (χ2v) is 5.91. The normalized spacial score (nSPS) is 17.2. The maximum Gasteiger partial charge on any atom is 0.258 e. The second kappa shape index (κ2) is 6.58. The van der Waals surface area contributed by atoms with Gasteiger partial charge in [0.25, 0.3) is 5.91 Å². The molecular weight excluding hydrogens is 286 g/mol. The molecular formula is C15H17N3O2S. The number of carbonyl (C=O) groups is 2. The van der Waals surface area contributed by atoms with Gasteiger partial charge in [-0.15, -0.1) is 0 Å². The van der Waals surface area contributed by atoms with Crippen molar-refractivity contribution in [3.05, 3.63) is 47.6 Å². The number of pyridine rings is 1. The maximum absolute atomic E-state index is 12.0. The average Bonchev–Trinajstić information content (AvgIpc) is 2.84. The number of thioether (sulfide) groups is 1. The number of nitrogens with one attached hydrogen (secondary N) is 2. The zero-order valence-electron chi connectivity index (χ0n) is 11.8. The average molecular weight is 303 g/mol. The van der Waals surface area contributed by atoms with Gasteiger partial charge in [-0.25, -0.2) is 0 Å². The Balaban J connectivity index is 1.93. The Morgan fingerprint density at radius 2 is 2.24 bits per heavy atom. The summed E-state index contributed by atoms with van der Waals surface area (Å²) in [6, 6.07) is 5.13. The van der Waals surface area contributed by atoms with Crippen molar-refractivity contribution in [1.29, 1.82) is 0 Å². The van der Waals surface area contributed by atoms with Crippen LogP contribution in [0.25, 0.3) is 4.91 Å². The number of hydrogen-bond acceptors (Lipinski definition) is 4. The fourth-order valence-electron chi connectivity index (χ4n) is 1.92. The van der Waals surface area contributed by atoms with Gasteiger partial charge in [-0.2, -0.15) is 0 Å². The zero-order valence-corrected chi connectivity index (χ0v) is 12.6. The van der Waals surface area contributed by atoms with E-state index in [1.807, 2.05) is 25.1 Å². The molecule has 1 aliphatic heterocycles.